The van der Waals surface area contributed by atoms with Crippen molar-refractivity contribution in [2.45, 2.75) is 19.8 Å². The number of carbonyl (C=O) groups is 1. The minimum absolute atomic E-state index is 0.101. The van der Waals surface area contributed by atoms with Gasteiger partial charge in [0, 0.05) is 16.0 Å². The maximum atomic E-state index is 11.1. The molecular formula is C10H10Cl2O. The van der Waals surface area contributed by atoms with Crippen LogP contribution in [0.15, 0.2) is 18.2 Å². The van der Waals surface area contributed by atoms with Gasteiger partial charge in [0.15, 0.2) is 0 Å². The molecule has 3 heteroatoms. The molecule has 1 nitrogen and oxygen atoms in total. The van der Waals surface area contributed by atoms with Gasteiger partial charge in [-0.25, -0.2) is 0 Å². The Bertz CT molecular complexity index is 334. The lowest BCUT2D eigenvalue weighted by Gasteiger charge is -2.09. The van der Waals surface area contributed by atoms with E-state index in [1.807, 2.05) is 6.92 Å². The highest BCUT2D eigenvalue weighted by Gasteiger charge is 2.13. The van der Waals surface area contributed by atoms with Gasteiger partial charge in [-0.2, -0.15) is 0 Å². The normalized spacial score (nSPS) is 12.6. The Kier molecular flexibility index (Phi) is 3.34. The molecule has 0 aliphatic rings. The Labute approximate surface area is 87.7 Å². The molecule has 13 heavy (non-hydrogen) atoms. The average molecular weight is 217 g/mol. The van der Waals surface area contributed by atoms with Crippen LogP contribution in [0.1, 0.15) is 25.3 Å². The van der Waals surface area contributed by atoms with Gasteiger partial charge >= 0.3 is 0 Å². The molecule has 0 fully saturated rings. The Hall–Kier alpha value is -0.530. The number of ketones is 1. The summed E-state index contributed by atoms with van der Waals surface area (Å²) in [5.74, 6) is -0.0611. The van der Waals surface area contributed by atoms with E-state index in [0.29, 0.717) is 10.0 Å². The molecular weight excluding hydrogens is 207 g/mol. The fourth-order valence-electron chi connectivity index (χ4n) is 1.07. The van der Waals surface area contributed by atoms with E-state index >= 15 is 0 Å². The summed E-state index contributed by atoms with van der Waals surface area (Å²) >= 11 is 11.7. The van der Waals surface area contributed by atoms with Gasteiger partial charge in [0.05, 0.1) is 0 Å². The van der Waals surface area contributed by atoms with E-state index in [2.05, 4.69) is 0 Å². The highest BCUT2D eigenvalue weighted by Crippen LogP contribution is 2.27. The van der Waals surface area contributed by atoms with Crippen molar-refractivity contribution in [1.29, 1.82) is 0 Å². The molecule has 1 aromatic rings. The number of halogens is 2. The smallest absolute Gasteiger partial charge is 0.137 e. The van der Waals surface area contributed by atoms with Gasteiger partial charge in [-0.15, -0.1) is 0 Å². The van der Waals surface area contributed by atoms with Gasteiger partial charge in [0.25, 0.3) is 0 Å². The summed E-state index contributed by atoms with van der Waals surface area (Å²) in [5.41, 5.74) is 0.832. The van der Waals surface area contributed by atoms with E-state index in [0.717, 1.165) is 5.56 Å². The standard InChI is InChI=1S/C10H10Cl2O/c1-6(7(2)13)9-4-3-8(11)5-10(9)12/h3-6H,1-2H3. The van der Waals surface area contributed by atoms with E-state index in [1.54, 1.807) is 25.1 Å². The first-order valence-corrected chi connectivity index (χ1v) is 4.73. The minimum atomic E-state index is -0.162. The van der Waals surface area contributed by atoms with Crippen molar-refractivity contribution in [2.75, 3.05) is 0 Å². The summed E-state index contributed by atoms with van der Waals surface area (Å²) < 4.78 is 0. The summed E-state index contributed by atoms with van der Waals surface area (Å²) in [7, 11) is 0. The number of rotatable bonds is 2. The van der Waals surface area contributed by atoms with Crippen molar-refractivity contribution < 1.29 is 4.79 Å². The highest BCUT2D eigenvalue weighted by atomic mass is 35.5. The van der Waals surface area contributed by atoms with Crippen LogP contribution in [0.25, 0.3) is 0 Å². The van der Waals surface area contributed by atoms with E-state index in [-0.39, 0.29) is 11.7 Å². The quantitative estimate of drug-likeness (QED) is 0.738. The van der Waals surface area contributed by atoms with Crippen LogP contribution in [0.2, 0.25) is 10.0 Å². The molecule has 0 N–H and O–H groups in total. The maximum Gasteiger partial charge on any atom is 0.137 e. The zero-order chi connectivity index (χ0) is 10.0. The van der Waals surface area contributed by atoms with Gasteiger partial charge in [-0.3, -0.25) is 4.79 Å². The molecule has 1 aromatic carbocycles. The van der Waals surface area contributed by atoms with Crippen molar-refractivity contribution in [3.8, 4) is 0 Å². The topological polar surface area (TPSA) is 17.1 Å². The fourth-order valence-corrected chi connectivity index (χ4v) is 1.64. The van der Waals surface area contributed by atoms with E-state index < -0.39 is 0 Å². The van der Waals surface area contributed by atoms with Crippen LogP contribution in [0.5, 0.6) is 0 Å². The SMILES string of the molecule is CC(=O)C(C)c1ccc(Cl)cc1Cl. The average Bonchev–Trinajstić information content (AvgIpc) is 2.03. The Balaban J connectivity index is 3.08. The Morgan fingerprint density at radius 3 is 2.46 bits per heavy atom. The van der Waals surface area contributed by atoms with Crippen molar-refractivity contribution in [3.05, 3.63) is 33.8 Å². The molecule has 0 aliphatic carbocycles. The third-order valence-electron chi connectivity index (χ3n) is 2.04. The third kappa shape index (κ3) is 2.45. The van der Waals surface area contributed by atoms with Crippen LogP contribution in [-0.2, 0) is 4.79 Å². The van der Waals surface area contributed by atoms with Crippen LogP contribution in [0, 0.1) is 0 Å². The molecule has 0 aliphatic heterocycles. The van der Waals surface area contributed by atoms with Gasteiger partial charge in [0.1, 0.15) is 5.78 Å². The van der Waals surface area contributed by atoms with E-state index in [4.69, 9.17) is 23.2 Å². The second kappa shape index (κ2) is 4.12. The zero-order valence-corrected chi connectivity index (χ0v) is 8.99. The predicted octanol–water partition coefficient (Wildman–Crippen LogP) is 3.69. The second-order valence-corrected chi connectivity index (χ2v) is 3.84. The number of hydrogen-bond donors (Lipinski definition) is 0. The van der Waals surface area contributed by atoms with Crippen molar-refractivity contribution >= 4 is 29.0 Å². The third-order valence-corrected chi connectivity index (χ3v) is 2.60. The number of Topliss-reactive ketones (excluding diaryl/α,β-unsaturated/α-hetero) is 1. The van der Waals surface area contributed by atoms with Crippen LogP contribution in [0.4, 0.5) is 0 Å². The highest BCUT2D eigenvalue weighted by molar-refractivity contribution is 6.35. The first-order chi connectivity index (χ1) is 6.02. The van der Waals surface area contributed by atoms with Gasteiger partial charge in [-0.1, -0.05) is 36.2 Å². The predicted molar refractivity (Wildman–Crippen MR) is 55.6 cm³/mol. The van der Waals surface area contributed by atoms with Crippen LogP contribution in [0.3, 0.4) is 0 Å². The van der Waals surface area contributed by atoms with E-state index in [1.165, 1.54) is 0 Å². The van der Waals surface area contributed by atoms with Gasteiger partial charge in [-0.05, 0) is 24.6 Å². The molecule has 0 aromatic heterocycles. The molecule has 70 valence electrons. The number of hydrogen-bond acceptors (Lipinski definition) is 1. The molecule has 0 bridgehead atoms. The van der Waals surface area contributed by atoms with Gasteiger partial charge < -0.3 is 0 Å². The molecule has 0 heterocycles. The van der Waals surface area contributed by atoms with Crippen LogP contribution >= 0.6 is 23.2 Å². The molecule has 0 saturated carbocycles. The second-order valence-electron chi connectivity index (χ2n) is 3.00. The molecule has 0 amide bonds. The summed E-state index contributed by atoms with van der Waals surface area (Å²) in [6.45, 7) is 3.38. The molecule has 0 saturated heterocycles. The summed E-state index contributed by atoms with van der Waals surface area (Å²) in [4.78, 5) is 11.1. The van der Waals surface area contributed by atoms with E-state index in [9.17, 15) is 4.79 Å². The van der Waals surface area contributed by atoms with Crippen LogP contribution in [-0.4, -0.2) is 5.78 Å². The maximum absolute atomic E-state index is 11.1. The van der Waals surface area contributed by atoms with Crippen LogP contribution < -0.4 is 0 Å². The lowest BCUT2D eigenvalue weighted by atomic mass is 9.98. The Morgan fingerprint density at radius 2 is 2.00 bits per heavy atom. The first-order valence-electron chi connectivity index (χ1n) is 3.97. The van der Waals surface area contributed by atoms with Crippen molar-refractivity contribution in [2.24, 2.45) is 0 Å². The monoisotopic (exact) mass is 216 g/mol. The summed E-state index contributed by atoms with van der Waals surface area (Å²) in [6, 6.07) is 5.18. The van der Waals surface area contributed by atoms with Crippen molar-refractivity contribution in [3.63, 3.8) is 0 Å². The number of benzene rings is 1. The molecule has 0 radical (unpaired) electrons. The largest absolute Gasteiger partial charge is 0.299 e. The molecule has 1 unspecified atom stereocenters. The fraction of sp³-hybridized carbons (Fsp3) is 0.300. The molecule has 0 spiro atoms. The Morgan fingerprint density at radius 1 is 1.38 bits per heavy atom. The van der Waals surface area contributed by atoms with Gasteiger partial charge in [0.2, 0.25) is 0 Å². The first kappa shape index (κ1) is 10.6. The lowest BCUT2D eigenvalue weighted by molar-refractivity contribution is -0.118. The minimum Gasteiger partial charge on any atom is -0.299 e. The summed E-state index contributed by atoms with van der Waals surface area (Å²) in [5, 5.41) is 1.14. The molecule has 1 rings (SSSR count). The zero-order valence-electron chi connectivity index (χ0n) is 7.47. The molecule has 1 atom stereocenters. The van der Waals surface area contributed by atoms with Crippen molar-refractivity contribution in [1.82, 2.24) is 0 Å². The lowest BCUT2D eigenvalue weighted by Crippen LogP contribution is -2.04. The number of carbonyl (C=O) groups excluding carboxylic acids is 1. The summed E-state index contributed by atoms with van der Waals surface area (Å²) in [6.07, 6.45) is 0.